The second kappa shape index (κ2) is 3.68. The lowest BCUT2D eigenvalue weighted by atomic mass is 10.2. The van der Waals surface area contributed by atoms with Gasteiger partial charge in [-0.15, -0.1) is 0 Å². The number of nitrogens with one attached hydrogen (secondary N) is 2. The smallest absolute Gasteiger partial charge is 0.128 e. The quantitative estimate of drug-likeness (QED) is 0.692. The Bertz CT molecular complexity index is 736. The van der Waals surface area contributed by atoms with Crippen LogP contribution in [0.2, 0.25) is 0 Å². The van der Waals surface area contributed by atoms with E-state index in [2.05, 4.69) is 30.4 Å². The minimum Gasteiger partial charge on any atom is -0.360 e. The number of aromatic amines is 1. The molecule has 0 spiro atoms. The first kappa shape index (κ1) is 10.3. The van der Waals surface area contributed by atoms with Gasteiger partial charge in [0.25, 0.3) is 0 Å². The highest BCUT2D eigenvalue weighted by Gasteiger charge is 2.29. The van der Waals surface area contributed by atoms with Crippen LogP contribution in [0, 0.1) is 0 Å². The molecule has 2 N–H and O–H groups in total. The second-order valence-corrected chi connectivity index (χ2v) is 4.58. The maximum Gasteiger partial charge on any atom is 0.128 e. The van der Waals surface area contributed by atoms with E-state index in [-0.39, 0.29) is 6.17 Å². The predicted molar refractivity (Wildman–Crippen MR) is 72.9 cm³/mol. The molecule has 0 saturated heterocycles. The van der Waals surface area contributed by atoms with Gasteiger partial charge in [0.05, 0.1) is 23.1 Å². The Kier molecular flexibility index (Phi) is 2.00. The molecule has 3 heterocycles. The maximum atomic E-state index is 4.45. The van der Waals surface area contributed by atoms with E-state index in [0.717, 1.165) is 28.0 Å². The molecule has 1 aliphatic rings. The number of hydrogen-bond acceptors (Lipinski definition) is 5. The standard InChI is InChI=1S/C13H12N6/c1-19-12-10(18-13(19)8-6-16-17-7-8)3-2-9-11(12)15-5-4-14-9/h2-7,13,18H,1H3,(H,16,17). The molecule has 2 aromatic heterocycles. The fourth-order valence-corrected chi connectivity index (χ4v) is 2.59. The third kappa shape index (κ3) is 1.40. The number of fused-ring (bicyclic) bond motifs is 3. The summed E-state index contributed by atoms with van der Waals surface area (Å²) in [4.78, 5) is 11.0. The molecule has 0 fully saturated rings. The maximum absolute atomic E-state index is 4.45. The summed E-state index contributed by atoms with van der Waals surface area (Å²) in [5.74, 6) is 0. The van der Waals surface area contributed by atoms with E-state index < -0.39 is 0 Å². The summed E-state index contributed by atoms with van der Waals surface area (Å²) in [6.45, 7) is 0. The van der Waals surface area contributed by atoms with Crippen molar-refractivity contribution < 1.29 is 0 Å². The minimum absolute atomic E-state index is 0.0707. The third-order valence-electron chi connectivity index (χ3n) is 3.48. The van der Waals surface area contributed by atoms with Crippen LogP contribution in [0.15, 0.2) is 36.9 Å². The highest BCUT2D eigenvalue weighted by molar-refractivity contribution is 5.98. The van der Waals surface area contributed by atoms with Gasteiger partial charge in [-0.25, -0.2) is 0 Å². The molecular weight excluding hydrogens is 240 g/mol. The fourth-order valence-electron chi connectivity index (χ4n) is 2.59. The van der Waals surface area contributed by atoms with Crippen molar-refractivity contribution in [2.24, 2.45) is 0 Å². The highest BCUT2D eigenvalue weighted by atomic mass is 15.3. The lowest BCUT2D eigenvalue weighted by Crippen LogP contribution is -2.23. The van der Waals surface area contributed by atoms with E-state index in [4.69, 9.17) is 0 Å². The fraction of sp³-hybridized carbons (Fsp3) is 0.154. The van der Waals surface area contributed by atoms with Crippen LogP contribution in [0.4, 0.5) is 11.4 Å². The molecule has 0 saturated carbocycles. The minimum atomic E-state index is 0.0707. The molecule has 3 aromatic rings. The van der Waals surface area contributed by atoms with E-state index in [1.165, 1.54) is 0 Å². The van der Waals surface area contributed by atoms with Gasteiger partial charge in [-0.1, -0.05) is 0 Å². The molecule has 19 heavy (non-hydrogen) atoms. The first-order valence-electron chi connectivity index (χ1n) is 6.06. The molecule has 4 rings (SSSR count). The van der Waals surface area contributed by atoms with E-state index in [9.17, 15) is 0 Å². The van der Waals surface area contributed by atoms with E-state index in [1.807, 2.05) is 31.6 Å². The molecule has 6 heteroatoms. The molecule has 1 aromatic carbocycles. The number of aromatic nitrogens is 4. The average molecular weight is 252 g/mol. The summed E-state index contributed by atoms with van der Waals surface area (Å²) in [6, 6.07) is 4.03. The van der Waals surface area contributed by atoms with Gasteiger partial charge < -0.3 is 10.2 Å². The summed E-state index contributed by atoms with van der Waals surface area (Å²) in [7, 11) is 2.05. The van der Waals surface area contributed by atoms with Gasteiger partial charge in [0.2, 0.25) is 0 Å². The van der Waals surface area contributed by atoms with Crippen molar-refractivity contribution in [1.29, 1.82) is 0 Å². The Morgan fingerprint density at radius 2 is 2.11 bits per heavy atom. The van der Waals surface area contributed by atoms with Crippen LogP contribution in [-0.4, -0.2) is 27.2 Å². The molecule has 1 unspecified atom stereocenters. The van der Waals surface area contributed by atoms with Crippen molar-refractivity contribution in [3.05, 3.63) is 42.5 Å². The first-order chi connectivity index (χ1) is 9.34. The van der Waals surface area contributed by atoms with Crippen LogP contribution >= 0.6 is 0 Å². The number of rotatable bonds is 1. The second-order valence-electron chi connectivity index (χ2n) is 4.58. The van der Waals surface area contributed by atoms with Crippen LogP contribution in [0.25, 0.3) is 11.0 Å². The van der Waals surface area contributed by atoms with Gasteiger partial charge in [0, 0.05) is 31.2 Å². The molecule has 0 radical (unpaired) electrons. The molecule has 1 aliphatic heterocycles. The number of H-pyrrole nitrogens is 1. The SMILES string of the molecule is CN1c2c(ccc3nccnc23)NC1c1cn[nH]c1. The zero-order valence-electron chi connectivity index (χ0n) is 10.3. The predicted octanol–water partition coefficient (Wildman–Crippen LogP) is 1.91. The van der Waals surface area contributed by atoms with E-state index in [1.54, 1.807) is 12.4 Å². The van der Waals surface area contributed by atoms with Gasteiger partial charge in [-0.05, 0) is 12.1 Å². The van der Waals surface area contributed by atoms with Crippen molar-refractivity contribution in [2.75, 3.05) is 17.3 Å². The average Bonchev–Trinajstić information content (AvgIpc) is 3.06. The third-order valence-corrected chi connectivity index (χ3v) is 3.48. The summed E-state index contributed by atoms with van der Waals surface area (Å²) in [5.41, 5.74) is 5.07. The number of anilines is 2. The van der Waals surface area contributed by atoms with E-state index in [0.29, 0.717) is 0 Å². The van der Waals surface area contributed by atoms with Gasteiger partial charge >= 0.3 is 0 Å². The van der Waals surface area contributed by atoms with Crippen LogP contribution in [0.1, 0.15) is 11.7 Å². The van der Waals surface area contributed by atoms with Gasteiger partial charge in [0.1, 0.15) is 11.7 Å². The number of hydrogen-bond donors (Lipinski definition) is 2. The molecule has 0 bridgehead atoms. The molecule has 0 aliphatic carbocycles. The van der Waals surface area contributed by atoms with Crippen LogP contribution in [-0.2, 0) is 0 Å². The molecular formula is C13H12N6. The summed E-state index contributed by atoms with van der Waals surface area (Å²) in [5, 5.41) is 10.3. The Balaban J connectivity index is 1.90. The van der Waals surface area contributed by atoms with Crippen molar-refractivity contribution in [3.63, 3.8) is 0 Å². The van der Waals surface area contributed by atoms with Gasteiger partial charge in [-0.2, -0.15) is 5.10 Å². The zero-order valence-corrected chi connectivity index (χ0v) is 10.3. The Morgan fingerprint density at radius 1 is 1.21 bits per heavy atom. The summed E-state index contributed by atoms with van der Waals surface area (Å²) < 4.78 is 0. The van der Waals surface area contributed by atoms with Crippen molar-refractivity contribution in [3.8, 4) is 0 Å². The summed E-state index contributed by atoms with van der Waals surface area (Å²) in [6.07, 6.45) is 7.23. The number of nitrogens with zero attached hydrogens (tertiary/aromatic N) is 4. The largest absolute Gasteiger partial charge is 0.360 e. The highest BCUT2D eigenvalue weighted by Crippen LogP contribution is 2.43. The van der Waals surface area contributed by atoms with Crippen LogP contribution in [0.3, 0.4) is 0 Å². The molecule has 0 amide bonds. The molecule has 1 atom stereocenters. The molecule has 94 valence electrons. The van der Waals surface area contributed by atoms with E-state index >= 15 is 0 Å². The molecule has 6 nitrogen and oxygen atoms in total. The number of benzene rings is 1. The Hall–Kier alpha value is -2.63. The van der Waals surface area contributed by atoms with Crippen molar-refractivity contribution >= 4 is 22.4 Å². The van der Waals surface area contributed by atoms with Crippen LogP contribution in [0.5, 0.6) is 0 Å². The van der Waals surface area contributed by atoms with Gasteiger partial charge in [-0.3, -0.25) is 15.1 Å². The van der Waals surface area contributed by atoms with Crippen molar-refractivity contribution in [1.82, 2.24) is 20.2 Å². The van der Waals surface area contributed by atoms with Crippen molar-refractivity contribution in [2.45, 2.75) is 6.17 Å². The first-order valence-corrected chi connectivity index (χ1v) is 6.06. The monoisotopic (exact) mass is 252 g/mol. The topological polar surface area (TPSA) is 69.7 Å². The zero-order chi connectivity index (χ0) is 12.8. The van der Waals surface area contributed by atoms with Gasteiger partial charge in [0.15, 0.2) is 0 Å². The Morgan fingerprint density at radius 3 is 2.95 bits per heavy atom. The lowest BCUT2D eigenvalue weighted by Gasteiger charge is -2.21. The van der Waals surface area contributed by atoms with Crippen LogP contribution < -0.4 is 10.2 Å². The summed E-state index contributed by atoms with van der Waals surface area (Å²) >= 11 is 0. The normalized spacial score (nSPS) is 17.5. The Labute approximate surface area is 109 Å². The lowest BCUT2D eigenvalue weighted by molar-refractivity contribution is 0.794.